The van der Waals surface area contributed by atoms with Crippen molar-refractivity contribution >= 4 is 33.0 Å². The van der Waals surface area contributed by atoms with Gasteiger partial charge in [-0.2, -0.15) is 0 Å². The maximum absolute atomic E-state index is 12.1. The Balaban J connectivity index is 2.27. The number of sulfonamides is 1. The fourth-order valence-electron chi connectivity index (χ4n) is 1.50. The number of hydrazine groups is 1. The summed E-state index contributed by atoms with van der Waals surface area (Å²) < 4.78 is 26.7. The molecule has 7 heteroatoms. The van der Waals surface area contributed by atoms with Crippen molar-refractivity contribution < 1.29 is 8.42 Å². The van der Waals surface area contributed by atoms with Gasteiger partial charge in [-0.25, -0.2) is 8.42 Å². The first-order chi connectivity index (χ1) is 9.01. The molecular formula is C12H12ClN3O2S. The summed E-state index contributed by atoms with van der Waals surface area (Å²) in [4.78, 5) is 0.145. The lowest BCUT2D eigenvalue weighted by Gasteiger charge is -2.09. The molecule has 4 N–H and O–H groups in total. The van der Waals surface area contributed by atoms with Gasteiger partial charge in [0.05, 0.1) is 10.6 Å². The summed E-state index contributed by atoms with van der Waals surface area (Å²) >= 11 is 5.80. The highest BCUT2D eigenvalue weighted by molar-refractivity contribution is 7.92. The number of nitrogens with two attached hydrogens (primary N) is 1. The topological polar surface area (TPSA) is 84.2 Å². The zero-order valence-corrected chi connectivity index (χ0v) is 11.4. The molecule has 0 aliphatic rings. The first-order valence-corrected chi connectivity index (χ1v) is 7.22. The molecule has 0 aliphatic heterocycles. The molecular weight excluding hydrogens is 286 g/mol. The minimum Gasteiger partial charge on any atom is -0.324 e. The van der Waals surface area contributed by atoms with Crippen molar-refractivity contribution in [1.29, 1.82) is 0 Å². The molecule has 5 nitrogen and oxygen atoms in total. The van der Waals surface area contributed by atoms with Crippen LogP contribution in [0, 0.1) is 0 Å². The second-order valence-corrected chi connectivity index (χ2v) is 5.90. The zero-order valence-electron chi connectivity index (χ0n) is 9.80. The summed E-state index contributed by atoms with van der Waals surface area (Å²) in [5.41, 5.74) is 3.47. The van der Waals surface area contributed by atoms with Gasteiger partial charge < -0.3 is 5.43 Å². The largest absolute Gasteiger partial charge is 0.324 e. The third-order valence-electron chi connectivity index (χ3n) is 2.41. The fraction of sp³-hybridized carbons (Fsp3) is 0. The van der Waals surface area contributed by atoms with Crippen molar-refractivity contribution in [3.63, 3.8) is 0 Å². The molecule has 0 radical (unpaired) electrons. The highest BCUT2D eigenvalue weighted by Crippen LogP contribution is 2.20. The van der Waals surface area contributed by atoms with Crippen molar-refractivity contribution in [3.8, 4) is 0 Å². The monoisotopic (exact) mass is 297 g/mol. The third-order valence-corrected chi connectivity index (χ3v) is 4.04. The van der Waals surface area contributed by atoms with Crippen LogP contribution < -0.4 is 16.0 Å². The Morgan fingerprint density at radius 1 is 1.00 bits per heavy atom. The predicted molar refractivity (Wildman–Crippen MR) is 76.5 cm³/mol. The Bertz CT molecular complexity index is 672. The molecule has 0 aliphatic carbocycles. The van der Waals surface area contributed by atoms with Gasteiger partial charge in [-0.05, 0) is 42.5 Å². The number of anilines is 2. The first kappa shape index (κ1) is 13.7. The second kappa shape index (κ2) is 5.48. The average molecular weight is 298 g/mol. The van der Waals surface area contributed by atoms with E-state index < -0.39 is 10.0 Å². The molecule has 0 spiro atoms. The Labute approximate surface area is 116 Å². The highest BCUT2D eigenvalue weighted by atomic mass is 35.5. The Morgan fingerprint density at radius 2 is 1.68 bits per heavy atom. The minimum atomic E-state index is -3.63. The van der Waals surface area contributed by atoms with E-state index in [2.05, 4.69) is 10.1 Å². The van der Waals surface area contributed by atoms with E-state index in [1.54, 1.807) is 30.3 Å². The summed E-state index contributed by atoms with van der Waals surface area (Å²) in [5.74, 6) is 5.22. The van der Waals surface area contributed by atoms with Gasteiger partial charge >= 0.3 is 0 Å². The molecule has 0 amide bonds. The SMILES string of the molecule is NNc1ccc(S(=O)(=O)Nc2cccc(Cl)c2)cc1. The minimum absolute atomic E-state index is 0.145. The smallest absolute Gasteiger partial charge is 0.261 e. The summed E-state index contributed by atoms with van der Waals surface area (Å²) in [6.07, 6.45) is 0. The molecule has 2 rings (SSSR count). The molecule has 2 aromatic rings. The summed E-state index contributed by atoms with van der Waals surface area (Å²) in [6.45, 7) is 0. The number of hydrogen-bond donors (Lipinski definition) is 3. The lowest BCUT2D eigenvalue weighted by molar-refractivity contribution is 0.601. The standard InChI is InChI=1S/C12H12ClN3O2S/c13-9-2-1-3-11(8-9)16-19(17,18)12-6-4-10(15-14)5-7-12/h1-8,15-16H,14H2. The number of nitrogens with one attached hydrogen (secondary N) is 2. The van der Waals surface area contributed by atoms with Crippen LogP contribution in [0.4, 0.5) is 11.4 Å². The summed E-state index contributed by atoms with van der Waals surface area (Å²) in [5, 5.41) is 0.461. The molecule has 0 aromatic heterocycles. The second-order valence-electron chi connectivity index (χ2n) is 3.78. The molecule has 0 saturated heterocycles. The third kappa shape index (κ3) is 3.37. The van der Waals surface area contributed by atoms with Crippen LogP contribution in [0.2, 0.25) is 5.02 Å². The molecule has 0 saturated carbocycles. The molecule has 19 heavy (non-hydrogen) atoms. The van der Waals surface area contributed by atoms with Gasteiger partial charge in [0.2, 0.25) is 0 Å². The maximum atomic E-state index is 12.1. The van der Waals surface area contributed by atoms with Crippen LogP contribution in [0.1, 0.15) is 0 Å². The molecule has 0 heterocycles. The predicted octanol–water partition coefficient (Wildman–Crippen LogP) is 2.43. The van der Waals surface area contributed by atoms with Crippen LogP contribution in [0.5, 0.6) is 0 Å². The van der Waals surface area contributed by atoms with Gasteiger partial charge in [-0.3, -0.25) is 10.6 Å². The summed E-state index contributed by atoms with van der Waals surface area (Å²) in [6, 6.07) is 12.6. The van der Waals surface area contributed by atoms with E-state index in [0.717, 1.165) is 0 Å². The lowest BCUT2D eigenvalue weighted by Crippen LogP contribution is -2.13. The van der Waals surface area contributed by atoms with Crippen molar-refractivity contribution in [1.82, 2.24) is 0 Å². The number of rotatable bonds is 4. The molecule has 0 bridgehead atoms. The van der Waals surface area contributed by atoms with Gasteiger partial charge in [-0.1, -0.05) is 17.7 Å². The van der Waals surface area contributed by atoms with Gasteiger partial charge in [0.1, 0.15) is 0 Å². The first-order valence-electron chi connectivity index (χ1n) is 5.36. The number of hydrogen-bond acceptors (Lipinski definition) is 4. The quantitative estimate of drug-likeness (QED) is 0.598. The number of halogens is 1. The summed E-state index contributed by atoms with van der Waals surface area (Å²) in [7, 11) is -3.63. The van der Waals surface area contributed by atoms with E-state index in [-0.39, 0.29) is 4.90 Å². The van der Waals surface area contributed by atoms with Gasteiger partial charge in [0, 0.05) is 10.7 Å². The van der Waals surface area contributed by atoms with Crippen LogP contribution in [0.15, 0.2) is 53.4 Å². The lowest BCUT2D eigenvalue weighted by atomic mass is 10.3. The fourth-order valence-corrected chi connectivity index (χ4v) is 2.74. The van der Waals surface area contributed by atoms with Crippen molar-refractivity contribution in [3.05, 3.63) is 53.6 Å². The Kier molecular flexibility index (Phi) is 3.94. The Hall–Kier alpha value is -1.76. The average Bonchev–Trinajstić information content (AvgIpc) is 2.38. The Morgan fingerprint density at radius 3 is 2.26 bits per heavy atom. The van der Waals surface area contributed by atoms with Crippen LogP contribution >= 0.6 is 11.6 Å². The van der Waals surface area contributed by atoms with Gasteiger partial charge in [0.15, 0.2) is 0 Å². The van der Waals surface area contributed by atoms with Gasteiger partial charge in [-0.15, -0.1) is 0 Å². The van der Waals surface area contributed by atoms with Crippen molar-refractivity contribution in [2.24, 2.45) is 5.84 Å². The molecule has 0 fully saturated rings. The van der Waals surface area contributed by atoms with E-state index in [4.69, 9.17) is 17.4 Å². The van der Waals surface area contributed by atoms with Crippen molar-refractivity contribution in [2.75, 3.05) is 10.1 Å². The molecule has 2 aromatic carbocycles. The normalized spacial score (nSPS) is 11.1. The zero-order chi connectivity index (χ0) is 13.9. The van der Waals surface area contributed by atoms with Crippen LogP contribution in [-0.2, 0) is 10.0 Å². The van der Waals surface area contributed by atoms with E-state index in [1.807, 2.05) is 0 Å². The van der Waals surface area contributed by atoms with Crippen molar-refractivity contribution in [2.45, 2.75) is 4.90 Å². The van der Waals surface area contributed by atoms with E-state index >= 15 is 0 Å². The van der Waals surface area contributed by atoms with Crippen LogP contribution in [-0.4, -0.2) is 8.42 Å². The molecule has 0 atom stereocenters. The number of benzene rings is 2. The molecule has 0 unspecified atom stereocenters. The van der Waals surface area contributed by atoms with E-state index in [0.29, 0.717) is 16.4 Å². The molecule has 100 valence electrons. The number of nitrogen functional groups attached to an aromatic ring is 1. The van der Waals surface area contributed by atoms with Crippen LogP contribution in [0.3, 0.4) is 0 Å². The highest BCUT2D eigenvalue weighted by Gasteiger charge is 2.13. The maximum Gasteiger partial charge on any atom is 0.261 e. The van der Waals surface area contributed by atoms with E-state index in [9.17, 15) is 8.42 Å². The van der Waals surface area contributed by atoms with Crippen LogP contribution in [0.25, 0.3) is 0 Å². The van der Waals surface area contributed by atoms with E-state index in [1.165, 1.54) is 18.2 Å². The van der Waals surface area contributed by atoms with Gasteiger partial charge in [0.25, 0.3) is 10.0 Å².